The van der Waals surface area contributed by atoms with Gasteiger partial charge in [-0.05, 0) is 37.8 Å². The van der Waals surface area contributed by atoms with Crippen LogP contribution in [-0.2, 0) is 4.79 Å². The van der Waals surface area contributed by atoms with Gasteiger partial charge in [-0.3, -0.25) is 4.79 Å². The lowest BCUT2D eigenvalue weighted by Crippen LogP contribution is -2.52. The SMILES string of the molecule is O=C(NCC1CN(c2ccc(C3CC3)nn2)C1)C1CC=CC1. The molecule has 116 valence electrons. The molecule has 0 aromatic carbocycles. The van der Waals surface area contributed by atoms with E-state index in [2.05, 4.69) is 44.7 Å². The third kappa shape index (κ3) is 2.85. The van der Waals surface area contributed by atoms with Crippen LogP contribution in [0.4, 0.5) is 5.82 Å². The Morgan fingerprint density at radius 2 is 1.95 bits per heavy atom. The van der Waals surface area contributed by atoms with Gasteiger partial charge in [0.2, 0.25) is 5.91 Å². The van der Waals surface area contributed by atoms with Crippen LogP contribution in [-0.4, -0.2) is 35.7 Å². The Bertz CT molecular complexity index is 565. The van der Waals surface area contributed by atoms with Crippen molar-refractivity contribution < 1.29 is 4.79 Å². The number of anilines is 1. The van der Waals surface area contributed by atoms with Gasteiger partial charge in [-0.25, -0.2) is 0 Å². The lowest BCUT2D eigenvalue weighted by molar-refractivity contribution is -0.124. The first kappa shape index (κ1) is 13.7. The van der Waals surface area contributed by atoms with E-state index in [0.29, 0.717) is 11.8 Å². The Labute approximate surface area is 130 Å². The molecule has 0 bridgehead atoms. The van der Waals surface area contributed by atoms with Crippen molar-refractivity contribution in [3.63, 3.8) is 0 Å². The van der Waals surface area contributed by atoms with Crippen molar-refractivity contribution in [3.8, 4) is 0 Å². The molecule has 1 saturated carbocycles. The molecule has 1 amide bonds. The number of hydrogen-bond donors (Lipinski definition) is 1. The summed E-state index contributed by atoms with van der Waals surface area (Å²) in [5, 5.41) is 11.8. The van der Waals surface area contributed by atoms with E-state index in [1.54, 1.807) is 0 Å². The number of carbonyl (C=O) groups is 1. The molecule has 5 heteroatoms. The third-order valence-corrected chi connectivity index (χ3v) is 4.89. The molecular weight excluding hydrogens is 276 g/mol. The lowest BCUT2D eigenvalue weighted by atomic mass is 9.99. The normalized spacial score (nSPS) is 21.9. The fraction of sp³-hybridized carbons (Fsp3) is 0.588. The minimum absolute atomic E-state index is 0.164. The van der Waals surface area contributed by atoms with Crippen LogP contribution in [0.15, 0.2) is 24.3 Å². The molecule has 2 fully saturated rings. The van der Waals surface area contributed by atoms with Crippen molar-refractivity contribution >= 4 is 11.7 Å². The molecule has 1 N–H and O–H groups in total. The summed E-state index contributed by atoms with van der Waals surface area (Å²) < 4.78 is 0. The molecule has 5 nitrogen and oxygen atoms in total. The highest BCUT2D eigenvalue weighted by molar-refractivity contribution is 5.79. The molecule has 2 aliphatic carbocycles. The van der Waals surface area contributed by atoms with Crippen LogP contribution in [0, 0.1) is 11.8 Å². The Hall–Kier alpha value is -1.91. The maximum atomic E-state index is 12.0. The van der Waals surface area contributed by atoms with Crippen molar-refractivity contribution in [1.29, 1.82) is 0 Å². The summed E-state index contributed by atoms with van der Waals surface area (Å²) >= 11 is 0. The van der Waals surface area contributed by atoms with Gasteiger partial charge in [-0.2, -0.15) is 5.10 Å². The molecule has 2 heterocycles. The number of allylic oxidation sites excluding steroid dienone is 2. The Kier molecular flexibility index (Phi) is 3.56. The van der Waals surface area contributed by atoms with Gasteiger partial charge in [0.05, 0.1) is 5.69 Å². The van der Waals surface area contributed by atoms with E-state index in [4.69, 9.17) is 0 Å². The lowest BCUT2D eigenvalue weighted by Gasteiger charge is -2.40. The van der Waals surface area contributed by atoms with Gasteiger partial charge in [0.1, 0.15) is 0 Å². The summed E-state index contributed by atoms with van der Waals surface area (Å²) in [7, 11) is 0. The average molecular weight is 298 g/mol. The van der Waals surface area contributed by atoms with E-state index in [0.717, 1.165) is 44.0 Å². The molecule has 1 saturated heterocycles. The zero-order valence-electron chi connectivity index (χ0n) is 12.7. The van der Waals surface area contributed by atoms with Gasteiger partial charge in [0, 0.05) is 37.4 Å². The standard InChI is InChI=1S/C17H22N4O/c22-17(14-3-1-2-4-14)18-9-12-10-21(11-12)16-8-7-15(19-20-16)13-5-6-13/h1-2,7-8,12-14H,3-6,9-11H2,(H,18,22). The van der Waals surface area contributed by atoms with E-state index >= 15 is 0 Å². The Morgan fingerprint density at radius 3 is 2.59 bits per heavy atom. The highest BCUT2D eigenvalue weighted by Gasteiger charge is 2.30. The molecule has 22 heavy (non-hydrogen) atoms. The maximum Gasteiger partial charge on any atom is 0.223 e. The van der Waals surface area contributed by atoms with Gasteiger partial charge in [0.25, 0.3) is 0 Å². The molecule has 1 aliphatic heterocycles. The number of aromatic nitrogens is 2. The monoisotopic (exact) mass is 298 g/mol. The number of amides is 1. The van der Waals surface area contributed by atoms with Gasteiger partial charge in [-0.15, -0.1) is 5.10 Å². The fourth-order valence-electron chi connectivity index (χ4n) is 3.21. The molecule has 0 spiro atoms. The minimum Gasteiger partial charge on any atom is -0.355 e. The molecular formula is C17H22N4O. The number of carbonyl (C=O) groups excluding carboxylic acids is 1. The van der Waals surface area contributed by atoms with E-state index < -0.39 is 0 Å². The second-order valence-corrected chi connectivity index (χ2v) is 6.75. The number of rotatable bonds is 5. The summed E-state index contributed by atoms with van der Waals surface area (Å²) in [6, 6.07) is 4.20. The van der Waals surface area contributed by atoms with Crippen molar-refractivity contribution in [1.82, 2.24) is 15.5 Å². The van der Waals surface area contributed by atoms with E-state index in [1.807, 2.05) is 0 Å². The molecule has 0 unspecified atom stereocenters. The average Bonchev–Trinajstić information content (AvgIpc) is 3.20. The van der Waals surface area contributed by atoms with Crippen LogP contribution in [0.3, 0.4) is 0 Å². The predicted molar refractivity (Wildman–Crippen MR) is 84.6 cm³/mol. The van der Waals surface area contributed by atoms with Crippen LogP contribution >= 0.6 is 0 Å². The highest BCUT2D eigenvalue weighted by Crippen LogP contribution is 2.38. The number of hydrogen-bond acceptors (Lipinski definition) is 4. The second kappa shape index (κ2) is 5.71. The van der Waals surface area contributed by atoms with E-state index in [1.165, 1.54) is 12.8 Å². The van der Waals surface area contributed by atoms with Crippen LogP contribution in [0.5, 0.6) is 0 Å². The van der Waals surface area contributed by atoms with Crippen LogP contribution in [0.1, 0.15) is 37.3 Å². The molecule has 0 radical (unpaired) electrons. The van der Waals surface area contributed by atoms with Gasteiger partial charge in [-0.1, -0.05) is 12.2 Å². The Balaban J connectivity index is 1.21. The topological polar surface area (TPSA) is 58.1 Å². The molecule has 4 rings (SSSR count). The summed E-state index contributed by atoms with van der Waals surface area (Å²) in [5.41, 5.74) is 1.14. The largest absolute Gasteiger partial charge is 0.355 e. The first-order valence-corrected chi connectivity index (χ1v) is 8.31. The summed E-state index contributed by atoms with van der Waals surface area (Å²) in [4.78, 5) is 14.2. The predicted octanol–water partition coefficient (Wildman–Crippen LogP) is 1.87. The van der Waals surface area contributed by atoms with Gasteiger partial charge in [0.15, 0.2) is 5.82 Å². The second-order valence-electron chi connectivity index (χ2n) is 6.75. The summed E-state index contributed by atoms with van der Waals surface area (Å²) in [6.45, 7) is 2.70. The van der Waals surface area contributed by atoms with Crippen LogP contribution in [0.2, 0.25) is 0 Å². The van der Waals surface area contributed by atoms with Gasteiger partial charge < -0.3 is 10.2 Å². The molecule has 0 atom stereocenters. The minimum atomic E-state index is 0.164. The quantitative estimate of drug-likeness (QED) is 0.843. The molecule has 1 aromatic rings. The molecule has 3 aliphatic rings. The van der Waals surface area contributed by atoms with E-state index in [-0.39, 0.29) is 11.8 Å². The number of nitrogens with zero attached hydrogens (tertiary/aromatic N) is 3. The van der Waals surface area contributed by atoms with Crippen LogP contribution in [0.25, 0.3) is 0 Å². The van der Waals surface area contributed by atoms with Crippen LogP contribution < -0.4 is 10.2 Å². The van der Waals surface area contributed by atoms with E-state index in [9.17, 15) is 4.79 Å². The summed E-state index contributed by atoms with van der Waals surface area (Å²) in [6.07, 6.45) is 8.50. The number of nitrogens with one attached hydrogen (secondary N) is 1. The third-order valence-electron chi connectivity index (χ3n) is 4.89. The summed E-state index contributed by atoms with van der Waals surface area (Å²) in [5.74, 6) is 2.52. The Morgan fingerprint density at radius 1 is 1.18 bits per heavy atom. The van der Waals surface area contributed by atoms with Gasteiger partial charge >= 0.3 is 0 Å². The smallest absolute Gasteiger partial charge is 0.223 e. The maximum absolute atomic E-state index is 12.0. The zero-order valence-corrected chi connectivity index (χ0v) is 12.7. The van der Waals surface area contributed by atoms with Crippen molar-refractivity contribution in [2.24, 2.45) is 11.8 Å². The van der Waals surface area contributed by atoms with Crippen molar-refractivity contribution in [2.75, 3.05) is 24.5 Å². The first-order chi connectivity index (χ1) is 10.8. The van der Waals surface area contributed by atoms with Crippen molar-refractivity contribution in [2.45, 2.75) is 31.6 Å². The van der Waals surface area contributed by atoms with Crippen molar-refractivity contribution in [3.05, 3.63) is 30.0 Å². The fourth-order valence-corrected chi connectivity index (χ4v) is 3.21. The first-order valence-electron chi connectivity index (χ1n) is 8.31. The highest BCUT2D eigenvalue weighted by atomic mass is 16.1. The molecule has 1 aromatic heterocycles. The zero-order chi connectivity index (χ0) is 14.9.